The van der Waals surface area contributed by atoms with E-state index in [2.05, 4.69) is 112 Å². The van der Waals surface area contributed by atoms with Crippen molar-refractivity contribution in [2.75, 3.05) is 53.5 Å². The number of ether oxygens (including phenoxy) is 4. The van der Waals surface area contributed by atoms with Crippen molar-refractivity contribution in [2.45, 2.75) is 437 Å². The molecule has 2 rings (SSSR count). The van der Waals surface area contributed by atoms with Crippen LogP contribution in [0.25, 0.3) is 0 Å². The Bertz CT molecular complexity index is 1660. The molecule has 0 bridgehead atoms. The molecule has 0 aromatic rings. The van der Waals surface area contributed by atoms with E-state index in [1.54, 1.807) is 0 Å². The van der Waals surface area contributed by atoms with Crippen molar-refractivity contribution in [3.8, 4) is 0 Å². The third-order valence-electron chi connectivity index (χ3n) is 20.4. The number of unbranched alkanes of at least 4 members (excludes halogenated alkanes) is 45. The molecule has 4 unspecified atom stereocenters. The molecule has 0 aromatic carbocycles. The molecule has 2 fully saturated rings. The first kappa shape index (κ1) is 86.5. The molecule has 0 N–H and O–H groups in total. The van der Waals surface area contributed by atoms with E-state index in [1.165, 1.54) is 334 Å². The molecule has 6 heteroatoms. The number of nitrogens with zero attached hydrogens (tertiary/aromatic N) is 2. The molecular weight excluding hydrogens is 1120 g/mol. The zero-order valence-corrected chi connectivity index (χ0v) is 63.1. The van der Waals surface area contributed by atoms with E-state index in [1.807, 2.05) is 0 Å². The number of hydrogen-bond donors (Lipinski definition) is 0. The van der Waals surface area contributed by atoms with Crippen LogP contribution >= 0.6 is 0 Å². The normalized spacial score (nSPS) is 19.0. The summed E-state index contributed by atoms with van der Waals surface area (Å²) >= 11 is 0. The second-order valence-corrected chi connectivity index (χ2v) is 29.5. The van der Waals surface area contributed by atoms with Crippen molar-refractivity contribution >= 4 is 0 Å². The van der Waals surface area contributed by atoms with Crippen LogP contribution in [-0.4, -0.2) is 87.1 Å². The number of likely N-dealkylation sites (N-methyl/N-ethyl adjacent to an activating group) is 2. The van der Waals surface area contributed by atoms with Gasteiger partial charge in [-0.1, -0.05) is 320 Å². The summed E-state index contributed by atoms with van der Waals surface area (Å²) in [6.45, 7) is 14.9. The lowest BCUT2D eigenvalue weighted by molar-refractivity contribution is -0.180. The summed E-state index contributed by atoms with van der Waals surface area (Å²) in [7, 11) is 4.62. The molecule has 2 aliphatic rings. The second-order valence-electron chi connectivity index (χ2n) is 29.5. The average molecular weight is 1290 g/mol. The van der Waals surface area contributed by atoms with Gasteiger partial charge in [0.05, 0.1) is 25.4 Å². The van der Waals surface area contributed by atoms with Crippen LogP contribution < -0.4 is 0 Å². The summed E-state index contributed by atoms with van der Waals surface area (Å²) in [5, 5.41) is 0. The van der Waals surface area contributed by atoms with Crippen molar-refractivity contribution in [1.29, 1.82) is 0 Å². The van der Waals surface area contributed by atoms with E-state index < -0.39 is 0 Å². The van der Waals surface area contributed by atoms with Gasteiger partial charge in [-0.15, -0.1) is 0 Å². The van der Waals surface area contributed by atoms with Gasteiger partial charge in [0.15, 0.2) is 11.6 Å². The zero-order valence-electron chi connectivity index (χ0n) is 63.1. The molecule has 0 spiro atoms. The predicted octanol–water partition coefficient (Wildman–Crippen LogP) is 27.3. The molecule has 0 aliphatic carbocycles. The fraction of sp³-hybridized carbons (Fsp3) is 0.884. The van der Waals surface area contributed by atoms with Crippen molar-refractivity contribution in [1.82, 2.24) is 9.80 Å². The highest BCUT2D eigenvalue weighted by Gasteiger charge is 2.41. The Kier molecular flexibility index (Phi) is 62.7. The summed E-state index contributed by atoms with van der Waals surface area (Å²) in [6, 6.07) is 0. The first-order valence-corrected chi connectivity index (χ1v) is 41.6. The lowest BCUT2D eigenvalue weighted by Crippen LogP contribution is -2.35. The van der Waals surface area contributed by atoms with Gasteiger partial charge in [-0.2, -0.15) is 0 Å². The van der Waals surface area contributed by atoms with Gasteiger partial charge in [-0.3, -0.25) is 0 Å². The van der Waals surface area contributed by atoms with Crippen molar-refractivity contribution in [3.05, 3.63) is 60.8 Å². The molecule has 0 radical (unpaired) electrons. The average Bonchev–Trinajstić information content (AvgIpc) is 1.77. The number of rotatable bonds is 72. The number of hydrogen-bond acceptors (Lipinski definition) is 6. The van der Waals surface area contributed by atoms with Crippen molar-refractivity contribution in [2.24, 2.45) is 0 Å². The molecule has 2 saturated heterocycles. The first-order chi connectivity index (χ1) is 45.4. The maximum absolute atomic E-state index is 7.04. The van der Waals surface area contributed by atoms with Crippen LogP contribution in [0.1, 0.15) is 413 Å². The van der Waals surface area contributed by atoms with Gasteiger partial charge in [0, 0.05) is 51.9 Å². The minimum Gasteiger partial charge on any atom is -0.347 e. The maximum Gasteiger partial charge on any atom is 0.168 e. The van der Waals surface area contributed by atoms with E-state index >= 15 is 0 Å². The Labute approximate surface area is 576 Å². The van der Waals surface area contributed by atoms with Gasteiger partial charge >= 0.3 is 0 Å². The molecule has 2 aliphatic heterocycles. The van der Waals surface area contributed by atoms with E-state index in [4.69, 9.17) is 18.9 Å². The highest BCUT2D eigenvalue weighted by atomic mass is 16.7. The molecular formula is C86H162N2O4. The Morgan fingerprint density at radius 3 is 0.728 bits per heavy atom. The Morgan fingerprint density at radius 2 is 0.467 bits per heavy atom. The Morgan fingerprint density at radius 1 is 0.261 bits per heavy atom. The highest BCUT2D eigenvalue weighted by molar-refractivity contribution is 4.94. The van der Waals surface area contributed by atoms with E-state index in [9.17, 15) is 0 Å². The topological polar surface area (TPSA) is 43.4 Å². The smallest absolute Gasteiger partial charge is 0.168 e. The minimum atomic E-state index is -0.378. The Balaban J connectivity index is 1.78. The van der Waals surface area contributed by atoms with Crippen LogP contribution in [0.5, 0.6) is 0 Å². The van der Waals surface area contributed by atoms with Gasteiger partial charge in [0.2, 0.25) is 0 Å². The van der Waals surface area contributed by atoms with Crippen LogP contribution in [0.4, 0.5) is 0 Å². The lowest BCUT2D eigenvalue weighted by Gasteiger charge is -2.29. The molecule has 0 amide bonds. The van der Waals surface area contributed by atoms with E-state index in [0.717, 1.165) is 90.8 Å². The molecule has 0 aromatic heterocycles. The fourth-order valence-electron chi connectivity index (χ4n) is 13.9. The van der Waals surface area contributed by atoms with E-state index in [-0.39, 0.29) is 23.8 Å². The minimum absolute atomic E-state index is 0.197. The predicted molar refractivity (Wildman–Crippen MR) is 408 cm³/mol. The van der Waals surface area contributed by atoms with Crippen LogP contribution in [-0.2, 0) is 18.9 Å². The van der Waals surface area contributed by atoms with Gasteiger partial charge in [-0.05, 0) is 143 Å². The maximum atomic E-state index is 7.04. The molecule has 540 valence electrons. The van der Waals surface area contributed by atoms with Crippen LogP contribution in [0.2, 0.25) is 0 Å². The first-order valence-electron chi connectivity index (χ1n) is 41.6. The highest BCUT2D eigenvalue weighted by Crippen LogP contribution is 2.37. The molecule has 92 heavy (non-hydrogen) atoms. The number of allylic oxidation sites excluding steroid dienone is 10. The molecule has 0 saturated carbocycles. The monoisotopic (exact) mass is 1290 g/mol. The molecule has 6 nitrogen and oxygen atoms in total. The largest absolute Gasteiger partial charge is 0.347 e. The van der Waals surface area contributed by atoms with Gasteiger partial charge in [0.25, 0.3) is 0 Å². The summed E-state index contributed by atoms with van der Waals surface area (Å²) in [4.78, 5) is 5.05. The standard InChI is InChI=1S/C86H162N2O4/c1-7-11-15-19-23-27-31-35-39-43-47-51-55-59-63-67-73-85(74-68-64-60-56-52-48-44-40-36-32-28-24-20-16-12-8-2)89-81-83(91-85)71-77-87(5)79-80-88(6)78-72-84-82-90-86(92-84,75-69-65-61-57-53-49-45-41-37-33-29-25-21-17-13-9-3)76-70-66-62-58-54-50-46-42-38-34-30-26-22-18-14-10-4/h23,25,27,29,35-37,39-41,83-84H,7-22,24,26,28,30-34,38,42-82H2,1-6H3/b27-23-,29-25-,39-35-,40-36-,41-37-. The molecule has 4 atom stereocenters. The summed E-state index contributed by atoms with van der Waals surface area (Å²) in [6.07, 6.45) is 103. The van der Waals surface area contributed by atoms with E-state index in [0.29, 0.717) is 0 Å². The second kappa shape index (κ2) is 66.7. The summed E-state index contributed by atoms with van der Waals surface area (Å²) < 4.78 is 27.6. The zero-order chi connectivity index (χ0) is 65.9. The lowest BCUT2D eigenvalue weighted by atomic mass is 9.98. The quantitative estimate of drug-likeness (QED) is 0.0447. The third kappa shape index (κ3) is 54.5. The third-order valence-corrected chi connectivity index (χ3v) is 20.4. The fourth-order valence-corrected chi connectivity index (χ4v) is 13.9. The molecule has 2 heterocycles. The van der Waals surface area contributed by atoms with Gasteiger partial charge in [-0.25, -0.2) is 0 Å². The van der Waals surface area contributed by atoms with Crippen LogP contribution in [0, 0.1) is 0 Å². The SMILES string of the molecule is CCCCC/C=C\C/C=C\CCCCCCCCC1(CCCCCCCC/C=C\CCCCCCCC)OCC(CCN(C)CCN(C)CCC2COC(CCCCCCCC/C=C\C/C=C\CCCCC)(CCCCCCCCCCCCCCCCCC)O2)O1. The summed E-state index contributed by atoms with van der Waals surface area (Å²) in [5.41, 5.74) is 0. The van der Waals surface area contributed by atoms with Gasteiger partial charge < -0.3 is 28.7 Å². The van der Waals surface area contributed by atoms with Crippen LogP contribution in [0.3, 0.4) is 0 Å². The van der Waals surface area contributed by atoms with Crippen molar-refractivity contribution < 1.29 is 18.9 Å². The van der Waals surface area contributed by atoms with Crippen molar-refractivity contribution in [3.63, 3.8) is 0 Å². The van der Waals surface area contributed by atoms with Gasteiger partial charge in [0.1, 0.15) is 0 Å². The summed E-state index contributed by atoms with van der Waals surface area (Å²) in [5.74, 6) is -0.748. The van der Waals surface area contributed by atoms with Crippen LogP contribution in [0.15, 0.2) is 60.8 Å². The Hall–Kier alpha value is -1.54.